The molecule has 0 saturated carbocycles. The van der Waals surface area contributed by atoms with Crippen LogP contribution in [-0.4, -0.2) is 18.4 Å². The molecule has 0 aliphatic heterocycles. The third-order valence-corrected chi connectivity index (χ3v) is 3.74. The van der Waals surface area contributed by atoms with Gasteiger partial charge in [0, 0.05) is 18.0 Å². The quantitative estimate of drug-likeness (QED) is 0.676. The van der Waals surface area contributed by atoms with Gasteiger partial charge in [0.05, 0.1) is 21.9 Å². The molecule has 0 radical (unpaired) electrons. The summed E-state index contributed by atoms with van der Waals surface area (Å²) >= 11 is 6.16. The van der Waals surface area contributed by atoms with Gasteiger partial charge in [-0.2, -0.15) is 0 Å². The highest BCUT2D eigenvalue weighted by atomic mass is 35.5. The summed E-state index contributed by atoms with van der Waals surface area (Å²) in [5, 5.41) is 4.16. The predicted octanol–water partition coefficient (Wildman–Crippen LogP) is 5.50. The first-order chi connectivity index (χ1) is 11.4. The van der Waals surface area contributed by atoms with Gasteiger partial charge in [0.2, 0.25) is 0 Å². The molecule has 0 aliphatic rings. The topological polar surface area (TPSA) is 34.2 Å². The zero-order chi connectivity index (χ0) is 17.3. The van der Waals surface area contributed by atoms with Gasteiger partial charge >= 0.3 is 6.36 Å². The normalized spacial score (nSPS) is 11.5. The van der Waals surface area contributed by atoms with E-state index in [1.807, 2.05) is 6.07 Å². The van der Waals surface area contributed by atoms with E-state index in [4.69, 9.17) is 11.6 Å². The third kappa shape index (κ3) is 3.23. The highest BCUT2D eigenvalue weighted by Crippen LogP contribution is 2.38. The predicted molar refractivity (Wildman–Crippen MR) is 88.4 cm³/mol. The van der Waals surface area contributed by atoms with Crippen LogP contribution in [0.5, 0.6) is 5.75 Å². The first kappa shape index (κ1) is 16.4. The lowest BCUT2D eigenvalue weighted by molar-refractivity contribution is -0.274. The van der Waals surface area contributed by atoms with E-state index in [0.29, 0.717) is 21.9 Å². The first-order valence-corrected chi connectivity index (χ1v) is 7.39. The lowest BCUT2D eigenvalue weighted by Crippen LogP contribution is -2.17. The van der Waals surface area contributed by atoms with Crippen LogP contribution in [0.25, 0.3) is 22.2 Å². The number of nitrogens with zero attached hydrogens (tertiary/aromatic N) is 1. The highest BCUT2D eigenvalue weighted by Gasteiger charge is 2.32. The Morgan fingerprint density at radius 2 is 1.83 bits per heavy atom. The maximum absolute atomic E-state index is 12.7. The molecule has 1 aromatic heterocycles. The van der Waals surface area contributed by atoms with Gasteiger partial charge in [0.1, 0.15) is 5.75 Å². The SMILES string of the molecule is CNc1cc2cccc(Cl)c2nc1-c1ccccc1OC(F)(F)F. The molecule has 7 heteroatoms. The summed E-state index contributed by atoms with van der Waals surface area (Å²) in [4.78, 5) is 4.46. The van der Waals surface area contributed by atoms with E-state index in [-0.39, 0.29) is 11.3 Å². The molecular formula is C17H12ClF3N2O. The fraction of sp³-hybridized carbons (Fsp3) is 0.118. The molecule has 124 valence electrons. The smallest absolute Gasteiger partial charge is 0.405 e. The van der Waals surface area contributed by atoms with E-state index in [1.54, 1.807) is 31.3 Å². The molecule has 3 nitrogen and oxygen atoms in total. The number of nitrogens with one attached hydrogen (secondary N) is 1. The van der Waals surface area contributed by atoms with Gasteiger partial charge in [-0.3, -0.25) is 0 Å². The summed E-state index contributed by atoms with van der Waals surface area (Å²) in [5.74, 6) is -0.319. The van der Waals surface area contributed by atoms with Crippen LogP contribution in [0.1, 0.15) is 0 Å². The molecule has 0 atom stereocenters. The van der Waals surface area contributed by atoms with Gasteiger partial charge < -0.3 is 10.1 Å². The standard InChI is InChI=1S/C17H12ClF3N2O/c1-22-13-9-10-5-4-7-12(18)15(10)23-16(13)11-6-2-3-8-14(11)24-17(19,20)21/h2-9,22H,1H3. The Morgan fingerprint density at radius 1 is 1.08 bits per heavy atom. The van der Waals surface area contributed by atoms with Crippen molar-refractivity contribution < 1.29 is 17.9 Å². The molecule has 0 amide bonds. The monoisotopic (exact) mass is 352 g/mol. The van der Waals surface area contributed by atoms with E-state index in [9.17, 15) is 13.2 Å². The molecule has 0 spiro atoms. The van der Waals surface area contributed by atoms with Gasteiger partial charge in [-0.05, 0) is 24.3 Å². The molecule has 0 fully saturated rings. The largest absolute Gasteiger partial charge is 0.573 e. The fourth-order valence-electron chi connectivity index (χ4n) is 2.43. The van der Waals surface area contributed by atoms with Gasteiger partial charge in [0.25, 0.3) is 0 Å². The van der Waals surface area contributed by atoms with Crippen LogP contribution in [0.15, 0.2) is 48.5 Å². The van der Waals surface area contributed by atoms with Crippen molar-refractivity contribution in [2.75, 3.05) is 12.4 Å². The van der Waals surface area contributed by atoms with Crippen molar-refractivity contribution in [1.82, 2.24) is 4.98 Å². The number of hydrogen-bond acceptors (Lipinski definition) is 3. The van der Waals surface area contributed by atoms with Gasteiger partial charge in [-0.25, -0.2) is 4.98 Å². The summed E-state index contributed by atoms with van der Waals surface area (Å²) < 4.78 is 42.1. The second-order valence-corrected chi connectivity index (χ2v) is 5.40. The number of anilines is 1. The Labute approximate surface area is 141 Å². The van der Waals surface area contributed by atoms with E-state index in [0.717, 1.165) is 5.39 Å². The molecule has 24 heavy (non-hydrogen) atoms. The second-order valence-electron chi connectivity index (χ2n) is 4.99. The Kier molecular flexibility index (Phi) is 4.24. The Balaban J connectivity index is 2.24. The molecule has 3 rings (SSSR count). The minimum Gasteiger partial charge on any atom is -0.405 e. The number of aromatic nitrogens is 1. The molecule has 1 heterocycles. The maximum atomic E-state index is 12.7. The van der Waals surface area contributed by atoms with E-state index < -0.39 is 6.36 Å². The van der Waals surface area contributed by atoms with Crippen LogP contribution in [0.2, 0.25) is 5.02 Å². The fourth-order valence-corrected chi connectivity index (χ4v) is 2.66. The molecular weight excluding hydrogens is 341 g/mol. The van der Waals surface area contributed by atoms with E-state index in [1.165, 1.54) is 18.2 Å². The average molecular weight is 353 g/mol. The molecule has 1 N–H and O–H groups in total. The van der Waals surface area contributed by atoms with Crippen LogP contribution >= 0.6 is 11.6 Å². The summed E-state index contributed by atoms with van der Waals surface area (Å²) in [7, 11) is 1.67. The maximum Gasteiger partial charge on any atom is 0.573 e. The van der Waals surface area contributed by atoms with Gasteiger partial charge in [-0.15, -0.1) is 13.2 Å². The minimum absolute atomic E-state index is 0.223. The number of alkyl halides is 3. The average Bonchev–Trinajstić information content (AvgIpc) is 2.53. The van der Waals surface area contributed by atoms with Crippen LogP contribution in [0, 0.1) is 0 Å². The summed E-state index contributed by atoms with van der Waals surface area (Å²) in [6.07, 6.45) is -4.79. The van der Waals surface area contributed by atoms with Crippen LogP contribution < -0.4 is 10.1 Å². The number of halogens is 4. The van der Waals surface area contributed by atoms with Crippen LogP contribution in [-0.2, 0) is 0 Å². The lowest BCUT2D eigenvalue weighted by Gasteiger charge is -2.16. The number of rotatable bonds is 3. The lowest BCUT2D eigenvalue weighted by atomic mass is 10.1. The third-order valence-electron chi connectivity index (χ3n) is 3.43. The van der Waals surface area contributed by atoms with Gasteiger partial charge in [-0.1, -0.05) is 35.9 Å². The minimum atomic E-state index is -4.79. The van der Waals surface area contributed by atoms with Gasteiger partial charge in [0.15, 0.2) is 0 Å². The highest BCUT2D eigenvalue weighted by molar-refractivity contribution is 6.35. The van der Waals surface area contributed by atoms with Crippen molar-refractivity contribution in [2.24, 2.45) is 0 Å². The van der Waals surface area contributed by atoms with Crippen molar-refractivity contribution >= 4 is 28.2 Å². The van der Waals surface area contributed by atoms with E-state index >= 15 is 0 Å². The van der Waals surface area contributed by atoms with Crippen LogP contribution in [0.4, 0.5) is 18.9 Å². The summed E-state index contributed by atoms with van der Waals surface area (Å²) in [5.41, 5.74) is 1.64. The van der Waals surface area contributed by atoms with E-state index in [2.05, 4.69) is 15.0 Å². The Hall–Kier alpha value is -2.47. The summed E-state index contributed by atoms with van der Waals surface area (Å²) in [6, 6.07) is 12.9. The number of pyridine rings is 1. The Bertz CT molecular complexity index is 897. The summed E-state index contributed by atoms with van der Waals surface area (Å²) in [6.45, 7) is 0. The zero-order valence-electron chi connectivity index (χ0n) is 12.5. The number of fused-ring (bicyclic) bond motifs is 1. The number of benzene rings is 2. The molecule has 0 bridgehead atoms. The molecule has 2 aromatic carbocycles. The van der Waals surface area contributed by atoms with Crippen LogP contribution in [0.3, 0.4) is 0 Å². The molecule has 0 aliphatic carbocycles. The number of hydrogen-bond donors (Lipinski definition) is 1. The van der Waals surface area contributed by atoms with Crippen molar-refractivity contribution in [2.45, 2.75) is 6.36 Å². The second kappa shape index (κ2) is 6.20. The zero-order valence-corrected chi connectivity index (χ0v) is 13.2. The van der Waals surface area contributed by atoms with Crippen molar-refractivity contribution in [1.29, 1.82) is 0 Å². The molecule has 0 unspecified atom stereocenters. The molecule has 0 saturated heterocycles. The Morgan fingerprint density at radius 3 is 2.54 bits per heavy atom. The van der Waals surface area contributed by atoms with Crippen molar-refractivity contribution in [3.05, 3.63) is 53.6 Å². The first-order valence-electron chi connectivity index (χ1n) is 7.01. The van der Waals surface area contributed by atoms with Crippen molar-refractivity contribution in [3.8, 4) is 17.0 Å². The van der Waals surface area contributed by atoms with Crippen molar-refractivity contribution in [3.63, 3.8) is 0 Å². The number of ether oxygens (including phenoxy) is 1. The molecule has 3 aromatic rings. The number of para-hydroxylation sites is 2.